The molecule has 2 aromatic carbocycles. The second-order valence-corrected chi connectivity index (χ2v) is 6.86. The van der Waals surface area contributed by atoms with Crippen molar-refractivity contribution in [3.8, 4) is 0 Å². The molecule has 0 saturated carbocycles. The van der Waals surface area contributed by atoms with Crippen molar-refractivity contribution in [2.75, 3.05) is 11.1 Å². The summed E-state index contributed by atoms with van der Waals surface area (Å²) in [6.45, 7) is 2.97. The van der Waals surface area contributed by atoms with Gasteiger partial charge in [-0.25, -0.2) is 0 Å². The Hall–Kier alpha value is -2.60. The number of amides is 1. The second-order valence-electron chi connectivity index (χ2n) is 5.92. The third kappa shape index (κ3) is 4.95. The first-order valence-electron chi connectivity index (χ1n) is 8.70. The number of thioether (sulfide) groups is 1. The summed E-state index contributed by atoms with van der Waals surface area (Å²) in [7, 11) is 0. The minimum Gasteiger partial charge on any atom is -0.325 e. The van der Waals surface area contributed by atoms with Crippen molar-refractivity contribution in [3.05, 3.63) is 72.1 Å². The Bertz CT molecular complexity index is 834. The lowest BCUT2D eigenvalue weighted by molar-refractivity contribution is -0.113. The van der Waals surface area contributed by atoms with Crippen molar-refractivity contribution in [2.45, 2.75) is 31.5 Å². The van der Waals surface area contributed by atoms with Gasteiger partial charge in [-0.3, -0.25) is 4.79 Å². The number of rotatable bonds is 8. The van der Waals surface area contributed by atoms with Gasteiger partial charge in [0.05, 0.1) is 5.75 Å². The number of carbonyl (C=O) groups is 1. The molecular weight excluding hydrogens is 344 g/mol. The van der Waals surface area contributed by atoms with Crippen LogP contribution < -0.4 is 5.32 Å². The summed E-state index contributed by atoms with van der Waals surface area (Å²) in [5.41, 5.74) is 2.01. The molecule has 3 aromatic rings. The van der Waals surface area contributed by atoms with Crippen LogP contribution in [0.15, 0.2) is 65.8 Å². The van der Waals surface area contributed by atoms with Gasteiger partial charge >= 0.3 is 0 Å². The van der Waals surface area contributed by atoms with Gasteiger partial charge in [-0.15, -0.1) is 10.2 Å². The molecule has 1 amide bonds. The molecule has 1 aromatic heterocycles. The van der Waals surface area contributed by atoms with Gasteiger partial charge in [0.15, 0.2) is 5.16 Å². The van der Waals surface area contributed by atoms with Gasteiger partial charge in [0.2, 0.25) is 5.91 Å². The standard InChI is InChI=1S/C20H22N4OS/c1-2-13-24-18(14-16-9-5-3-6-10-16)22-23-20(24)26-15-19(25)21-17-11-7-4-8-12-17/h3-12H,2,13-15H2,1H3,(H,21,25). The van der Waals surface area contributed by atoms with Crippen molar-refractivity contribution in [1.29, 1.82) is 0 Å². The molecule has 0 fully saturated rings. The highest BCUT2D eigenvalue weighted by molar-refractivity contribution is 7.99. The largest absolute Gasteiger partial charge is 0.325 e. The quantitative estimate of drug-likeness (QED) is 0.612. The van der Waals surface area contributed by atoms with Gasteiger partial charge in [-0.1, -0.05) is 67.2 Å². The fraction of sp³-hybridized carbons (Fsp3) is 0.250. The molecule has 1 heterocycles. The summed E-state index contributed by atoms with van der Waals surface area (Å²) < 4.78 is 2.12. The van der Waals surface area contributed by atoms with E-state index in [1.807, 2.05) is 48.5 Å². The van der Waals surface area contributed by atoms with Crippen LogP contribution in [0, 0.1) is 0 Å². The molecule has 5 nitrogen and oxygen atoms in total. The van der Waals surface area contributed by atoms with Crippen LogP contribution in [0.4, 0.5) is 5.69 Å². The summed E-state index contributed by atoms with van der Waals surface area (Å²) in [5, 5.41) is 12.3. The first kappa shape index (κ1) is 18.2. The van der Waals surface area contributed by atoms with Gasteiger partial charge in [0.1, 0.15) is 5.82 Å². The lowest BCUT2D eigenvalue weighted by atomic mass is 10.1. The first-order chi connectivity index (χ1) is 12.8. The minimum atomic E-state index is -0.0446. The van der Waals surface area contributed by atoms with Crippen LogP contribution in [0.5, 0.6) is 0 Å². The number of hydrogen-bond donors (Lipinski definition) is 1. The highest BCUT2D eigenvalue weighted by atomic mass is 32.2. The molecule has 0 bridgehead atoms. The van der Waals surface area contributed by atoms with Crippen molar-refractivity contribution < 1.29 is 4.79 Å². The average molecular weight is 366 g/mol. The second kappa shape index (κ2) is 9.20. The molecule has 0 spiro atoms. The van der Waals surface area contributed by atoms with Crippen LogP contribution in [0.25, 0.3) is 0 Å². The van der Waals surface area contributed by atoms with E-state index in [2.05, 4.69) is 39.1 Å². The molecule has 0 atom stereocenters. The van der Waals surface area contributed by atoms with Crippen LogP contribution in [-0.2, 0) is 17.8 Å². The molecule has 0 aliphatic carbocycles. The highest BCUT2D eigenvalue weighted by Crippen LogP contribution is 2.20. The van der Waals surface area contributed by atoms with Gasteiger partial charge in [0.25, 0.3) is 0 Å². The lowest BCUT2D eigenvalue weighted by Crippen LogP contribution is -2.14. The van der Waals surface area contributed by atoms with E-state index in [1.165, 1.54) is 17.3 Å². The van der Waals surface area contributed by atoms with Gasteiger partial charge < -0.3 is 9.88 Å². The fourth-order valence-electron chi connectivity index (χ4n) is 2.63. The maximum atomic E-state index is 12.2. The van der Waals surface area contributed by atoms with E-state index in [-0.39, 0.29) is 5.91 Å². The van der Waals surface area contributed by atoms with Crippen molar-refractivity contribution in [1.82, 2.24) is 14.8 Å². The smallest absolute Gasteiger partial charge is 0.234 e. The van der Waals surface area contributed by atoms with Gasteiger partial charge in [0, 0.05) is 18.7 Å². The predicted molar refractivity (Wildman–Crippen MR) is 105 cm³/mol. The molecular formula is C20H22N4OS. The molecule has 6 heteroatoms. The summed E-state index contributed by atoms with van der Waals surface area (Å²) in [5.74, 6) is 1.20. The molecule has 0 unspecified atom stereocenters. The number of anilines is 1. The van der Waals surface area contributed by atoms with Crippen molar-refractivity contribution in [2.24, 2.45) is 0 Å². The molecule has 26 heavy (non-hydrogen) atoms. The number of aromatic nitrogens is 3. The SMILES string of the molecule is CCCn1c(Cc2ccccc2)nnc1SCC(=O)Nc1ccccc1. The van der Waals surface area contributed by atoms with Crippen molar-refractivity contribution >= 4 is 23.4 Å². The number of nitrogens with one attached hydrogen (secondary N) is 1. The van der Waals surface area contributed by atoms with Gasteiger partial charge in [-0.05, 0) is 24.1 Å². The molecule has 0 aliphatic heterocycles. The number of nitrogens with zero attached hydrogens (tertiary/aromatic N) is 3. The molecule has 0 radical (unpaired) electrons. The highest BCUT2D eigenvalue weighted by Gasteiger charge is 2.14. The summed E-state index contributed by atoms with van der Waals surface area (Å²) in [6.07, 6.45) is 1.73. The van der Waals surface area contributed by atoms with Crippen LogP contribution in [-0.4, -0.2) is 26.4 Å². The fourth-order valence-corrected chi connectivity index (χ4v) is 3.42. The lowest BCUT2D eigenvalue weighted by Gasteiger charge is -2.09. The van der Waals surface area contributed by atoms with Gasteiger partial charge in [-0.2, -0.15) is 0 Å². The van der Waals surface area contributed by atoms with E-state index in [9.17, 15) is 4.79 Å². The zero-order valence-corrected chi connectivity index (χ0v) is 15.6. The van der Waals surface area contributed by atoms with E-state index in [1.54, 1.807) is 0 Å². The van der Waals surface area contributed by atoms with Crippen LogP contribution >= 0.6 is 11.8 Å². The summed E-state index contributed by atoms with van der Waals surface area (Å²) in [6, 6.07) is 19.7. The summed E-state index contributed by atoms with van der Waals surface area (Å²) >= 11 is 1.42. The minimum absolute atomic E-state index is 0.0446. The Morgan fingerprint density at radius 3 is 2.42 bits per heavy atom. The predicted octanol–water partition coefficient (Wildman–Crippen LogP) is 4.01. The normalized spacial score (nSPS) is 10.7. The molecule has 0 aliphatic rings. The number of hydrogen-bond acceptors (Lipinski definition) is 4. The average Bonchev–Trinajstić information content (AvgIpc) is 3.04. The van der Waals surface area contributed by atoms with Crippen molar-refractivity contribution in [3.63, 3.8) is 0 Å². The number of benzene rings is 2. The molecule has 0 saturated heterocycles. The Balaban J connectivity index is 1.64. The first-order valence-corrected chi connectivity index (χ1v) is 9.68. The van der Waals surface area contributed by atoms with E-state index in [0.717, 1.165) is 36.1 Å². The molecule has 1 N–H and O–H groups in total. The monoisotopic (exact) mass is 366 g/mol. The Kier molecular flexibility index (Phi) is 6.44. The van der Waals surface area contributed by atoms with Crippen LogP contribution in [0.1, 0.15) is 24.7 Å². The van der Waals surface area contributed by atoms with E-state index >= 15 is 0 Å². The van der Waals surface area contributed by atoms with E-state index in [0.29, 0.717) is 5.75 Å². The Labute approximate surface area is 157 Å². The molecule has 3 rings (SSSR count). The maximum absolute atomic E-state index is 12.2. The zero-order valence-electron chi connectivity index (χ0n) is 14.8. The zero-order chi connectivity index (χ0) is 18.2. The third-order valence-electron chi connectivity index (χ3n) is 3.84. The number of para-hydroxylation sites is 1. The topological polar surface area (TPSA) is 59.8 Å². The Morgan fingerprint density at radius 2 is 1.73 bits per heavy atom. The van der Waals surface area contributed by atoms with Crippen LogP contribution in [0.2, 0.25) is 0 Å². The van der Waals surface area contributed by atoms with E-state index < -0.39 is 0 Å². The molecule has 134 valence electrons. The summed E-state index contributed by atoms with van der Waals surface area (Å²) in [4.78, 5) is 12.2. The Morgan fingerprint density at radius 1 is 1.04 bits per heavy atom. The maximum Gasteiger partial charge on any atom is 0.234 e. The number of carbonyl (C=O) groups excluding carboxylic acids is 1. The van der Waals surface area contributed by atoms with Crippen LogP contribution in [0.3, 0.4) is 0 Å². The van der Waals surface area contributed by atoms with E-state index in [4.69, 9.17) is 0 Å². The third-order valence-corrected chi connectivity index (χ3v) is 4.80.